The first-order valence-corrected chi connectivity index (χ1v) is 15.9. The molecule has 0 N–H and O–H groups in total. The van der Waals surface area contributed by atoms with Crippen molar-refractivity contribution < 1.29 is 42.8 Å². The van der Waals surface area contributed by atoms with Crippen LogP contribution >= 0.6 is 0 Å². The Morgan fingerprint density at radius 3 is 1.71 bits per heavy atom. The number of fused-ring (bicyclic) bond motifs is 10. The van der Waals surface area contributed by atoms with Gasteiger partial charge in [-0.1, -0.05) is 159 Å². The fraction of sp³-hybridized carbons (Fsp3) is 0.0588. The van der Waals surface area contributed by atoms with E-state index in [0.717, 1.165) is 0 Å². The van der Waals surface area contributed by atoms with Gasteiger partial charge in [-0.05, 0) is 112 Å². The van der Waals surface area contributed by atoms with Gasteiger partial charge in [-0.3, -0.25) is 0 Å². The summed E-state index contributed by atoms with van der Waals surface area (Å²) in [4.78, 5) is 0. The average molecular weight is 691 g/mol. The Balaban J connectivity index is 1.41. The molecular formula is C51H34O. The Morgan fingerprint density at radius 2 is 0.962 bits per heavy atom. The van der Waals surface area contributed by atoms with Gasteiger partial charge < -0.3 is 4.42 Å². The molecule has 52 heavy (non-hydrogen) atoms. The molecule has 11 rings (SSSR count). The van der Waals surface area contributed by atoms with Crippen LogP contribution in [0.25, 0.3) is 98.8 Å². The van der Waals surface area contributed by atoms with E-state index in [-0.39, 0.29) is 22.3 Å². The van der Waals surface area contributed by atoms with Crippen LogP contribution < -0.4 is 0 Å². The molecule has 0 spiro atoms. The van der Waals surface area contributed by atoms with Crippen molar-refractivity contribution in [2.24, 2.45) is 0 Å². The molecule has 0 saturated heterocycles. The molecule has 0 fully saturated rings. The molecule has 0 unspecified atom stereocenters. The van der Waals surface area contributed by atoms with Crippen LogP contribution in [0.15, 0.2) is 174 Å². The molecule has 1 nitrogen and oxygen atoms in total. The lowest BCUT2D eigenvalue weighted by Crippen LogP contribution is -2.14. The summed E-state index contributed by atoms with van der Waals surface area (Å²) in [6.45, 7) is 3.01. The summed E-state index contributed by atoms with van der Waals surface area (Å²) >= 11 is 0. The average Bonchev–Trinajstić information content (AvgIpc) is 4.14. The molecule has 1 aliphatic rings. The summed E-state index contributed by atoms with van der Waals surface area (Å²) in [7, 11) is 0. The standard InChI is InChI=1S/C51H34O/c1-51(2)43-23-10-9-21-41(43)49-36(22-12-24-44(49)51)32-14-11-15-33(29-32)47-37-17-5-7-19-39(37)48(40-20-8-6-18-38(40)47)34-26-27-45-42(30-34)50-35-16-4-3-13-31(35)25-28-46(50)52-45/h3-30H,1-2H3/i3D,4D,5D,6D,7D,8D,9D,10D,11D,12D,13D,14D,15D,16D,17D,18D,19D,20D,21D,22D,23D,24D,25D,26D,27D,28D,29D,30D. The summed E-state index contributed by atoms with van der Waals surface area (Å²) in [6, 6.07) is -24.3. The Hall–Kier alpha value is -6.44. The maximum absolute atomic E-state index is 10.1. The molecule has 0 atom stereocenters. The minimum atomic E-state index is -1.53. The fourth-order valence-corrected chi connectivity index (χ4v) is 7.20. The van der Waals surface area contributed by atoms with Crippen molar-refractivity contribution in [2.45, 2.75) is 19.3 Å². The second-order valence-corrected chi connectivity index (χ2v) is 12.6. The SMILES string of the molecule is [2H]c1c([2H])c(-c2c([2H])c([2H])c([2H])c3c2-c2c([2H])c([2H])c([2H])c([2H])c2C3(C)C)c([2H])c(-c2c3c([2H])c([2H])c([2H])c([2H])c3c(-c3c([2H])c([2H])c4oc5c([2H])c([2H])c6c([2H])c([2H])c([2H])c([2H])c6c5c4c3[2H])c3c([2H])c([2H])c([2H])c([2H])c23)c1[2H]. The first kappa shape index (κ1) is 13.0. The first-order valence-electron chi connectivity index (χ1n) is 29.9. The maximum atomic E-state index is 10.1. The van der Waals surface area contributed by atoms with Gasteiger partial charge in [-0.15, -0.1) is 0 Å². The van der Waals surface area contributed by atoms with Gasteiger partial charge in [0.15, 0.2) is 0 Å². The zero-order valence-corrected chi connectivity index (χ0v) is 26.9. The molecule has 0 amide bonds. The Kier molecular flexibility index (Phi) is 2.69. The van der Waals surface area contributed by atoms with E-state index in [2.05, 4.69) is 0 Å². The normalized spacial score (nSPS) is 20.9. The molecule has 0 saturated carbocycles. The third-order valence-electron chi connectivity index (χ3n) is 9.51. The molecule has 1 aliphatic carbocycles. The van der Waals surface area contributed by atoms with Gasteiger partial charge >= 0.3 is 0 Å². The van der Waals surface area contributed by atoms with Gasteiger partial charge in [0, 0.05) is 16.2 Å². The van der Waals surface area contributed by atoms with E-state index < -0.39 is 262 Å². The van der Waals surface area contributed by atoms with Crippen molar-refractivity contribution in [2.75, 3.05) is 0 Å². The minimum absolute atomic E-state index is 0.0712. The molecule has 0 radical (unpaired) electrons. The number of rotatable bonds is 3. The highest BCUT2D eigenvalue weighted by molar-refractivity contribution is 6.24. The van der Waals surface area contributed by atoms with Gasteiger partial charge in [-0.2, -0.15) is 0 Å². The van der Waals surface area contributed by atoms with Crippen molar-refractivity contribution in [1.82, 2.24) is 0 Å². The van der Waals surface area contributed by atoms with Crippen molar-refractivity contribution in [1.29, 1.82) is 0 Å². The van der Waals surface area contributed by atoms with Crippen molar-refractivity contribution >= 4 is 54.3 Å². The highest BCUT2D eigenvalue weighted by atomic mass is 16.3. The molecule has 1 aromatic heterocycles. The Morgan fingerprint density at radius 1 is 0.404 bits per heavy atom. The van der Waals surface area contributed by atoms with E-state index in [1.165, 1.54) is 13.8 Å². The highest BCUT2D eigenvalue weighted by Crippen LogP contribution is 2.52. The zero-order valence-electron chi connectivity index (χ0n) is 54.9. The predicted molar refractivity (Wildman–Crippen MR) is 220 cm³/mol. The molecule has 9 aromatic carbocycles. The van der Waals surface area contributed by atoms with E-state index in [0.29, 0.717) is 0 Å². The van der Waals surface area contributed by atoms with E-state index in [4.69, 9.17) is 26.3 Å². The smallest absolute Gasteiger partial charge is 0.136 e. The van der Waals surface area contributed by atoms with Crippen LogP contribution in [0.3, 0.4) is 0 Å². The van der Waals surface area contributed by atoms with E-state index >= 15 is 0 Å². The predicted octanol–water partition coefficient (Wildman–Crippen LogP) is 14.4. The molecule has 1 heterocycles. The van der Waals surface area contributed by atoms with Gasteiger partial charge in [0.05, 0.1) is 38.4 Å². The van der Waals surface area contributed by atoms with Gasteiger partial charge in [-0.25, -0.2) is 0 Å². The van der Waals surface area contributed by atoms with E-state index in [1.54, 1.807) is 0 Å². The van der Waals surface area contributed by atoms with E-state index in [9.17, 15) is 16.4 Å². The number of hydrogen-bond acceptors (Lipinski definition) is 1. The maximum Gasteiger partial charge on any atom is 0.136 e. The van der Waals surface area contributed by atoms with Crippen LogP contribution in [0.2, 0.25) is 0 Å². The van der Waals surface area contributed by atoms with Gasteiger partial charge in [0.1, 0.15) is 11.2 Å². The van der Waals surface area contributed by atoms with Gasteiger partial charge in [0.2, 0.25) is 0 Å². The first-order chi connectivity index (χ1) is 37.2. The molecule has 0 aliphatic heterocycles. The van der Waals surface area contributed by atoms with Crippen molar-refractivity contribution in [3.05, 3.63) is 180 Å². The monoisotopic (exact) mass is 690 g/mol. The topological polar surface area (TPSA) is 13.1 Å². The zero-order chi connectivity index (χ0) is 58.9. The highest BCUT2D eigenvalue weighted by Gasteiger charge is 2.36. The Bertz CT molecular complexity index is 4630. The van der Waals surface area contributed by atoms with Crippen LogP contribution in [0.1, 0.15) is 63.4 Å². The van der Waals surface area contributed by atoms with Crippen LogP contribution in [0, 0.1) is 0 Å². The number of benzene rings is 9. The number of hydrogen-bond donors (Lipinski definition) is 0. The molecule has 244 valence electrons. The van der Waals surface area contributed by atoms with Crippen LogP contribution in [-0.4, -0.2) is 0 Å². The lowest BCUT2D eigenvalue weighted by atomic mass is 9.82. The summed E-state index contributed by atoms with van der Waals surface area (Å²) in [6.07, 6.45) is 0. The summed E-state index contributed by atoms with van der Waals surface area (Å²) in [5.41, 5.74) is -7.90. The third-order valence-corrected chi connectivity index (χ3v) is 9.51. The summed E-state index contributed by atoms with van der Waals surface area (Å²) in [5, 5.41) is -4.86. The van der Waals surface area contributed by atoms with Crippen molar-refractivity contribution in [3.8, 4) is 44.5 Å². The van der Waals surface area contributed by atoms with Crippen LogP contribution in [0.5, 0.6) is 0 Å². The number of furan rings is 1. The summed E-state index contributed by atoms with van der Waals surface area (Å²) in [5.74, 6) is 0. The second kappa shape index (κ2) is 10.8. The van der Waals surface area contributed by atoms with Crippen molar-refractivity contribution in [3.63, 3.8) is 0 Å². The largest absolute Gasteiger partial charge is 0.456 e. The molecule has 1 heteroatoms. The Labute approximate surface area is 341 Å². The van der Waals surface area contributed by atoms with Crippen LogP contribution in [-0.2, 0) is 5.41 Å². The second-order valence-electron chi connectivity index (χ2n) is 12.6. The third kappa shape index (κ3) is 4.05. The van der Waals surface area contributed by atoms with E-state index in [1.807, 2.05) is 0 Å². The van der Waals surface area contributed by atoms with Gasteiger partial charge in [0.25, 0.3) is 0 Å². The fourth-order valence-electron chi connectivity index (χ4n) is 7.20. The molecule has 0 bridgehead atoms. The quantitative estimate of drug-likeness (QED) is 0.168. The lowest BCUT2D eigenvalue weighted by molar-refractivity contribution is 0.660. The van der Waals surface area contributed by atoms with Crippen LogP contribution in [0.4, 0.5) is 0 Å². The minimum Gasteiger partial charge on any atom is -0.456 e. The lowest BCUT2D eigenvalue weighted by Gasteiger charge is -2.21. The molecule has 10 aromatic rings. The molecular weight excluding hydrogens is 629 g/mol. The summed E-state index contributed by atoms with van der Waals surface area (Å²) < 4.78 is 263.